The summed E-state index contributed by atoms with van der Waals surface area (Å²) in [6, 6.07) is 0. The van der Waals surface area contributed by atoms with E-state index in [4.69, 9.17) is 0 Å². The Morgan fingerprint density at radius 3 is 2.73 bits per heavy atom. The first-order chi connectivity index (χ1) is 5.20. The van der Waals surface area contributed by atoms with E-state index in [0.29, 0.717) is 5.96 Å². The molecule has 1 aliphatic rings. The van der Waals surface area contributed by atoms with E-state index in [9.17, 15) is 0 Å². The fraction of sp³-hybridized carbons (Fsp3) is 0.600. The highest BCUT2D eigenvalue weighted by Gasteiger charge is 2.07. The number of hydrazine groups is 2. The quantitative estimate of drug-likeness (QED) is 0.343. The molecule has 62 valence electrons. The van der Waals surface area contributed by atoms with E-state index in [1.807, 2.05) is 20.9 Å². The van der Waals surface area contributed by atoms with Crippen LogP contribution in [0, 0.1) is 0 Å². The first-order valence-corrected chi connectivity index (χ1v) is 3.29. The van der Waals surface area contributed by atoms with Crippen molar-refractivity contribution in [3.63, 3.8) is 0 Å². The zero-order chi connectivity index (χ0) is 8.27. The summed E-state index contributed by atoms with van der Waals surface area (Å²) < 4.78 is 0. The van der Waals surface area contributed by atoms with Crippen LogP contribution in [0.4, 0.5) is 0 Å². The molecule has 1 rings (SSSR count). The summed E-state index contributed by atoms with van der Waals surface area (Å²) in [7, 11) is 1.81. The number of nitrogens with one attached hydrogen (secondary N) is 3. The lowest BCUT2D eigenvalue weighted by Gasteiger charge is -2.10. The van der Waals surface area contributed by atoms with Gasteiger partial charge in [0, 0.05) is 12.8 Å². The van der Waals surface area contributed by atoms with E-state index >= 15 is 0 Å². The molecule has 0 unspecified atom stereocenters. The SMILES string of the molecule is CC(C)=NN(C)C1=NNNN1. The molecule has 0 atom stereocenters. The fourth-order valence-electron chi connectivity index (χ4n) is 0.693. The molecule has 0 aliphatic carbocycles. The normalized spacial score (nSPS) is 14.6. The molecule has 0 aromatic rings. The van der Waals surface area contributed by atoms with Crippen molar-refractivity contribution in [2.24, 2.45) is 10.2 Å². The maximum absolute atomic E-state index is 4.14. The van der Waals surface area contributed by atoms with Crippen LogP contribution in [0.2, 0.25) is 0 Å². The van der Waals surface area contributed by atoms with Gasteiger partial charge < -0.3 is 0 Å². The van der Waals surface area contributed by atoms with Crippen molar-refractivity contribution in [3.05, 3.63) is 0 Å². The summed E-state index contributed by atoms with van der Waals surface area (Å²) in [4.78, 5) is 0. The summed E-state index contributed by atoms with van der Waals surface area (Å²) in [6.07, 6.45) is 0. The highest BCUT2D eigenvalue weighted by atomic mass is 15.8. The number of hydrogen-bond acceptors (Lipinski definition) is 6. The first-order valence-electron chi connectivity index (χ1n) is 3.29. The molecule has 0 saturated heterocycles. The van der Waals surface area contributed by atoms with Crippen LogP contribution in [-0.2, 0) is 0 Å². The van der Waals surface area contributed by atoms with Crippen LogP contribution < -0.4 is 16.5 Å². The van der Waals surface area contributed by atoms with Crippen LogP contribution in [0.25, 0.3) is 0 Å². The monoisotopic (exact) mass is 156 g/mol. The van der Waals surface area contributed by atoms with E-state index in [1.165, 1.54) is 0 Å². The second-order valence-corrected chi connectivity index (χ2v) is 2.37. The Bertz CT molecular complexity index is 191. The van der Waals surface area contributed by atoms with Crippen molar-refractivity contribution in [1.82, 2.24) is 21.5 Å². The molecular formula is C5H12N6. The van der Waals surface area contributed by atoms with Gasteiger partial charge >= 0.3 is 0 Å². The molecule has 0 amide bonds. The van der Waals surface area contributed by atoms with Crippen LogP contribution in [-0.4, -0.2) is 23.7 Å². The van der Waals surface area contributed by atoms with Gasteiger partial charge in [0.2, 0.25) is 0 Å². The van der Waals surface area contributed by atoms with Gasteiger partial charge in [0.05, 0.1) is 0 Å². The predicted octanol–water partition coefficient (Wildman–Crippen LogP) is -0.803. The molecular weight excluding hydrogens is 144 g/mol. The van der Waals surface area contributed by atoms with Gasteiger partial charge in [-0.3, -0.25) is 5.43 Å². The van der Waals surface area contributed by atoms with Crippen LogP contribution in [0.3, 0.4) is 0 Å². The van der Waals surface area contributed by atoms with Gasteiger partial charge in [0.15, 0.2) is 0 Å². The van der Waals surface area contributed by atoms with Crippen LogP contribution >= 0.6 is 0 Å². The number of rotatable bonds is 1. The Morgan fingerprint density at radius 2 is 2.27 bits per heavy atom. The molecule has 1 aliphatic heterocycles. The Labute approximate surface area is 65.3 Å². The Hall–Kier alpha value is -1.30. The van der Waals surface area contributed by atoms with E-state index in [-0.39, 0.29) is 0 Å². The third-order valence-corrected chi connectivity index (χ3v) is 1.05. The van der Waals surface area contributed by atoms with Gasteiger partial charge in [0.25, 0.3) is 5.96 Å². The summed E-state index contributed by atoms with van der Waals surface area (Å²) in [5, 5.41) is 9.63. The zero-order valence-electron chi connectivity index (χ0n) is 6.84. The second kappa shape index (κ2) is 3.20. The lowest BCUT2D eigenvalue weighted by molar-refractivity contribution is 0.509. The van der Waals surface area contributed by atoms with Crippen molar-refractivity contribution in [1.29, 1.82) is 0 Å². The Kier molecular flexibility index (Phi) is 2.27. The summed E-state index contributed by atoms with van der Waals surface area (Å²) in [5.41, 5.74) is 8.90. The molecule has 0 spiro atoms. The Balaban J connectivity index is 2.53. The summed E-state index contributed by atoms with van der Waals surface area (Å²) >= 11 is 0. The molecule has 3 N–H and O–H groups in total. The minimum absolute atomic E-state index is 0.645. The van der Waals surface area contributed by atoms with Gasteiger partial charge in [-0.05, 0) is 13.8 Å². The molecule has 11 heavy (non-hydrogen) atoms. The third kappa shape index (κ3) is 2.08. The molecule has 0 saturated carbocycles. The average Bonchev–Trinajstić information content (AvgIpc) is 2.35. The largest absolute Gasteiger partial charge is 0.269 e. The molecule has 0 aromatic heterocycles. The van der Waals surface area contributed by atoms with Crippen LogP contribution in [0.5, 0.6) is 0 Å². The highest BCUT2D eigenvalue weighted by Crippen LogP contribution is 1.88. The number of nitrogens with zero attached hydrogens (tertiary/aromatic N) is 3. The third-order valence-electron chi connectivity index (χ3n) is 1.05. The van der Waals surface area contributed by atoms with Crippen LogP contribution in [0.15, 0.2) is 10.2 Å². The van der Waals surface area contributed by atoms with Crippen molar-refractivity contribution in [2.75, 3.05) is 7.05 Å². The maximum atomic E-state index is 4.14. The van der Waals surface area contributed by atoms with Gasteiger partial charge in [0.1, 0.15) is 0 Å². The van der Waals surface area contributed by atoms with Gasteiger partial charge in [-0.2, -0.15) is 5.10 Å². The Morgan fingerprint density at radius 1 is 1.55 bits per heavy atom. The number of hydrogen-bond donors (Lipinski definition) is 3. The minimum atomic E-state index is 0.645. The minimum Gasteiger partial charge on any atom is -0.269 e. The maximum Gasteiger partial charge on any atom is 0.253 e. The van der Waals surface area contributed by atoms with Gasteiger partial charge in [-0.15, -0.1) is 10.6 Å². The van der Waals surface area contributed by atoms with Crippen LogP contribution in [0.1, 0.15) is 13.8 Å². The van der Waals surface area contributed by atoms with Crippen molar-refractivity contribution < 1.29 is 0 Å². The van der Waals surface area contributed by atoms with E-state index in [2.05, 4.69) is 26.7 Å². The average molecular weight is 156 g/mol. The standard InChI is InChI=1S/C5H12N6/c1-4(2)8-11(3)5-6-9-10-7-5/h9-10H,1-3H3,(H,6,7). The fourth-order valence-corrected chi connectivity index (χ4v) is 0.693. The molecule has 0 bridgehead atoms. The number of hydrazone groups is 2. The molecule has 0 fully saturated rings. The van der Waals surface area contributed by atoms with Crippen molar-refractivity contribution in [3.8, 4) is 0 Å². The smallest absolute Gasteiger partial charge is 0.253 e. The molecule has 0 radical (unpaired) electrons. The summed E-state index contributed by atoms with van der Waals surface area (Å²) in [6.45, 7) is 3.85. The van der Waals surface area contributed by atoms with E-state index in [0.717, 1.165) is 5.71 Å². The van der Waals surface area contributed by atoms with E-state index in [1.54, 1.807) is 5.01 Å². The molecule has 6 nitrogen and oxygen atoms in total. The zero-order valence-corrected chi connectivity index (χ0v) is 6.84. The number of guanidine groups is 1. The first kappa shape index (κ1) is 7.80. The van der Waals surface area contributed by atoms with Crippen molar-refractivity contribution >= 4 is 11.7 Å². The topological polar surface area (TPSA) is 64.0 Å². The van der Waals surface area contributed by atoms with Gasteiger partial charge in [-0.25, -0.2) is 10.5 Å². The second-order valence-electron chi connectivity index (χ2n) is 2.37. The molecule has 0 aromatic carbocycles. The highest BCUT2D eigenvalue weighted by molar-refractivity contribution is 5.84. The molecule has 1 heterocycles. The lowest BCUT2D eigenvalue weighted by Crippen LogP contribution is -2.40. The van der Waals surface area contributed by atoms with Gasteiger partial charge in [-0.1, -0.05) is 0 Å². The van der Waals surface area contributed by atoms with E-state index < -0.39 is 0 Å². The predicted molar refractivity (Wildman–Crippen MR) is 43.4 cm³/mol. The molecule has 6 heteroatoms. The summed E-state index contributed by atoms with van der Waals surface area (Å²) in [5.74, 6) is 0.645. The lowest BCUT2D eigenvalue weighted by atomic mass is 10.5. The van der Waals surface area contributed by atoms with Crippen molar-refractivity contribution in [2.45, 2.75) is 13.8 Å².